The van der Waals surface area contributed by atoms with Crippen molar-refractivity contribution in [1.82, 2.24) is 15.1 Å². The Bertz CT molecular complexity index is 1030. The number of benzene rings is 1. The summed E-state index contributed by atoms with van der Waals surface area (Å²) in [4.78, 5) is 54.0. The first-order chi connectivity index (χ1) is 17.4. The van der Waals surface area contributed by atoms with Gasteiger partial charge in [0.15, 0.2) is 0 Å². The van der Waals surface area contributed by atoms with Gasteiger partial charge >= 0.3 is 6.09 Å². The van der Waals surface area contributed by atoms with Crippen LogP contribution in [0.4, 0.5) is 10.5 Å². The van der Waals surface area contributed by atoms with Crippen LogP contribution in [0.5, 0.6) is 0 Å². The van der Waals surface area contributed by atoms with E-state index < -0.39 is 6.04 Å². The minimum atomic E-state index is -0.591. The van der Waals surface area contributed by atoms with Crippen molar-refractivity contribution in [2.45, 2.75) is 57.2 Å². The first kappa shape index (κ1) is 24.5. The smallest absolute Gasteiger partial charge is 0.409 e. The molecular formula is C26H34N4O6. The molecule has 0 bridgehead atoms. The fourth-order valence-corrected chi connectivity index (χ4v) is 5.72. The van der Waals surface area contributed by atoms with Gasteiger partial charge in [0.25, 0.3) is 5.91 Å². The summed E-state index contributed by atoms with van der Waals surface area (Å²) in [7, 11) is 1.42. The summed E-state index contributed by atoms with van der Waals surface area (Å²) in [6, 6.07) is 5.32. The first-order valence-corrected chi connectivity index (χ1v) is 12.9. The molecule has 1 unspecified atom stereocenters. The van der Waals surface area contributed by atoms with E-state index in [1.807, 2.05) is 12.1 Å². The SMILES string of the molecule is COC(=O)N1CCC(COC2CCN(c3ccc4c(c3)CN(C3CCC(=O)NC3=O)C4=O)CC2)CC1. The monoisotopic (exact) mass is 498 g/mol. The average Bonchev–Trinajstić information content (AvgIpc) is 3.23. The quantitative estimate of drug-likeness (QED) is 0.618. The van der Waals surface area contributed by atoms with Gasteiger partial charge in [0.1, 0.15) is 6.04 Å². The van der Waals surface area contributed by atoms with E-state index in [1.54, 1.807) is 9.80 Å². The van der Waals surface area contributed by atoms with Crippen LogP contribution in [0.3, 0.4) is 0 Å². The molecule has 1 aromatic rings. The second-order valence-electron chi connectivity index (χ2n) is 10.2. The third-order valence-electron chi connectivity index (χ3n) is 7.93. The van der Waals surface area contributed by atoms with Gasteiger partial charge in [0.2, 0.25) is 11.8 Å². The van der Waals surface area contributed by atoms with Gasteiger partial charge in [-0.15, -0.1) is 0 Å². The van der Waals surface area contributed by atoms with E-state index in [9.17, 15) is 19.2 Å². The number of methoxy groups -OCH3 is 1. The molecular weight excluding hydrogens is 464 g/mol. The molecule has 0 aliphatic carbocycles. The Labute approximate surface area is 210 Å². The highest BCUT2D eigenvalue weighted by atomic mass is 16.5. The van der Waals surface area contributed by atoms with E-state index in [0.29, 0.717) is 24.4 Å². The summed E-state index contributed by atoms with van der Waals surface area (Å²) < 4.78 is 11.0. The third-order valence-corrected chi connectivity index (χ3v) is 7.93. The number of piperidine rings is 3. The Morgan fingerprint density at radius 3 is 2.47 bits per heavy atom. The lowest BCUT2D eigenvalue weighted by Crippen LogP contribution is -2.52. The van der Waals surface area contributed by atoms with E-state index in [0.717, 1.165) is 69.7 Å². The Kier molecular flexibility index (Phi) is 7.13. The van der Waals surface area contributed by atoms with Crippen molar-refractivity contribution in [2.24, 2.45) is 5.92 Å². The highest BCUT2D eigenvalue weighted by Gasteiger charge is 2.39. The molecule has 4 aliphatic rings. The average molecular weight is 499 g/mol. The highest BCUT2D eigenvalue weighted by molar-refractivity contribution is 6.05. The first-order valence-electron chi connectivity index (χ1n) is 12.9. The molecule has 0 radical (unpaired) electrons. The lowest BCUT2D eigenvalue weighted by atomic mass is 9.98. The second-order valence-corrected chi connectivity index (χ2v) is 10.2. The summed E-state index contributed by atoms with van der Waals surface area (Å²) in [6.07, 6.45) is 4.38. The van der Waals surface area contributed by atoms with Crippen LogP contribution in [0, 0.1) is 5.92 Å². The van der Waals surface area contributed by atoms with Gasteiger partial charge in [-0.25, -0.2) is 4.79 Å². The van der Waals surface area contributed by atoms with Crippen molar-refractivity contribution in [3.63, 3.8) is 0 Å². The number of hydrogen-bond donors (Lipinski definition) is 1. The Balaban J connectivity index is 1.10. The largest absolute Gasteiger partial charge is 0.453 e. The van der Waals surface area contributed by atoms with Gasteiger partial charge in [-0.2, -0.15) is 0 Å². The van der Waals surface area contributed by atoms with E-state index in [4.69, 9.17) is 9.47 Å². The van der Waals surface area contributed by atoms with Gasteiger partial charge in [-0.3, -0.25) is 19.7 Å². The fourth-order valence-electron chi connectivity index (χ4n) is 5.72. The summed E-state index contributed by atoms with van der Waals surface area (Å²) in [5.41, 5.74) is 2.65. The van der Waals surface area contributed by atoms with E-state index in [1.165, 1.54) is 7.11 Å². The normalized spacial score (nSPS) is 23.6. The lowest BCUT2D eigenvalue weighted by molar-refractivity contribution is -0.136. The minimum Gasteiger partial charge on any atom is -0.453 e. The third kappa shape index (κ3) is 5.04. The van der Waals surface area contributed by atoms with Gasteiger partial charge in [0.05, 0.1) is 13.2 Å². The Morgan fingerprint density at radius 2 is 1.78 bits per heavy atom. The maximum Gasteiger partial charge on any atom is 0.409 e. The molecule has 36 heavy (non-hydrogen) atoms. The topological polar surface area (TPSA) is 108 Å². The molecule has 10 heteroatoms. The van der Waals surface area contributed by atoms with Crippen LogP contribution in [-0.4, -0.2) is 85.7 Å². The molecule has 4 amide bonds. The Morgan fingerprint density at radius 1 is 1.03 bits per heavy atom. The maximum absolute atomic E-state index is 12.9. The van der Waals surface area contributed by atoms with Crippen LogP contribution >= 0.6 is 0 Å². The fraction of sp³-hybridized carbons (Fsp3) is 0.615. The summed E-state index contributed by atoms with van der Waals surface area (Å²) in [5.74, 6) is -0.330. The predicted octanol–water partition coefficient (Wildman–Crippen LogP) is 1.91. The van der Waals surface area contributed by atoms with Crippen LogP contribution < -0.4 is 10.2 Å². The number of carbonyl (C=O) groups excluding carboxylic acids is 4. The lowest BCUT2D eigenvalue weighted by Gasteiger charge is -2.35. The van der Waals surface area contributed by atoms with Crippen molar-refractivity contribution in [2.75, 3.05) is 44.8 Å². The van der Waals surface area contributed by atoms with Crippen LogP contribution in [0.2, 0.25) is 0 Å². The number of carbonyl (C=O) groups is 4. The Hall–Kier alpha value is -3.14. The molecule has 1 atom stereocenters. The van der Waals surface area contributed by atoms with Gasteiger partial charge in [-0.05, 0) is 61.8 Å². The van der Waals surface area contributed by atoms with Crippen molar-refractivity contribution in [3.8, 4) is 0 Å². The summed E-state index contributed by atoms with van der Waals surface area (Å²) in [5, 5.41) is 2.35. The molecule has 1 aromatic carbocycles. The summed E-state index contributed by atoms with van der Waals surface area (Å²) in [6.45, 7) is 4.34. The molecule has 5 rings (SSSR count). The molecule has 4 heterocycles. The number of imide groups is 1. The van der Waals surface area contributed by atoms with Crippen molar-refractivity contribution in [1.29, 1.82) is 0 Å². The molecule has 194 valence electrons. The second kappa shape index (κ2) is 10.5. The van der Waals surface area contributed by atoms with E-state index in [-0.39, 0.29) is 36.3 Å². The number of ether oxygens (including phenoxy) is 2. The predicted molar refractivity (Wildman–Crippen MR) is 130 cm³/mol. The zero-order valence-corrected chi connectivity index (χ0v) is 20.7. The number of nitrogens with one attached hydrogen (secondary N) is 1. The molecule has 0 aromatic heterocycles. The number of likely N-dealkylation sites (tertiary alicyclic amines) is 1. The van der Waals surface area contributed by atoms with Crippen molar-refractivity contribution >= 4 is 29.5 Å². The number of rotatable bonds is 5. The van der Waals surface area contributed by atoms with Crippen LogP contribution in [0.1, 0.15) is 54.4 Å². The molecule has 0 saturated carbocycles. The number of amides is 4. The van der Waals surface area contributed by atoms with Crippen molar-refractivity contribution in [3.05, 3.63) is 29.3 Å². The zero-order chi connectivity index (χ0) is 25.2. The number of anilines is 1. The molecule has 0 spiro atoms. The van der Waals surface area contributed by atoms with Gasteiger partial charge in [0, 0.05) is 57.0 Å². The van der Waals surface area contributed by atoms with Crippen LogP contribution in [0.25, 0.3) is 0 Å². The van der Waals surface area contributed by atoms with Crippen LogP contribution in [0.15, 0.2) is 18.2 Å². The molecule has 1 N–H and O–H groups in total. The van der Waals surface area contributed by atoms with E-state index in [2.05, 4.69) is 16.3 Å². The molecule has 10 nitrogen and oxygen atoms in total. The molecule has 3 fully saturated rings. The van der Waals surface area contributed by atoms with Gasteiger partial charge < -0.3 is 24.2 Å². The number of fused-ring (bicyclic) bond motifs is 1. The number of nitrogens with zero attached hydrogens (tertiary/aromatic N) is 3. The number of hydrogen-bond acceptors (Lipinski definition) is 7. The maximum atomic E-state index is 12.9. The summed E-state index contributed by atoms with van der Waals surface area (Å²) >= 11 is 0. The molecule has 4 aliphatic heterocycles. The van der Waals surface area contributed by atoms with Gasteiger partial charge in [-0.1, -0.05) is 0 Å². The molecule has 3 saturated heterocycles. The van der Waals surface area contributed by atoms with Crippen molar-refractivity contribution < 1.29 is 28.7 Å². The highest BCUT2D eigenvalue weighted by Crippen LogP contribution is 2.32. The zero-order valence-electron chi connectivity index (χ0n) is 20.7. The standard InChI is InChI=1S/C26H34N4O6/c1-35-26(34)29-10-6-17(7-11-29)16-36-20-8-12-28(13-9-20)19-2-3-21-18(14-19)15-30(25(21)33)22-4-5-23(31)27-24(22)32/h2-3,14,17,20,22H,4-13,15-16H2,1H3,(H,27,31,32). The minimum absolute atomic E-state index is 0.143. The van der Waals surface area contributed by atoms with E-state index >= 15 is 0 Å². The van der Waals surface area contributed by atoms with Crippen LogP contribution in [-0.2, 0) is 25.6 Å².